The molecule has 3 nitrogen and oxygen atoms in total. The number of ether oxygens (including phenoxy) is 1. The lowest BCUT2D eigenvalue weighted by Gasteiger charge is -2.41. The van der Waals surface area contributed by atoms with Crippen LogP contribution in [0.2, 0.25) is 5.02 Å². The molecule has 2 heterocycles. The lowest BCUT2D eigenvalue weighted by Crippen LogP contribution is -2.44. The fourth-order valence-electron chi connectivity index (χ4n) is 4.99. The average Bonchev–Trinajstić information content (AvgIpc) is 2.85. The second-order valence-corrected chi connectivity index (χ2v) is 10.1. The summed E-state index contributed by atoms with van der Waals surface area (Å²) in [6.07, 6.45) is 3.18. The van der Waals surface area contributed by atoms with E-state index >= 15 is 0 Å². The number of hydrogen-bond acceptors (Lipinski definition) is 4. The third kappa shape index (κ3) is 4.29. The van der Waals surface area contributed by atoms with Crippen LogP contribution in [0.25, 0.3) is 0 Å². The van der Waals surface area contributed by atoms with E-state index in [1.54, 1.807) is 0 Å². The van der Waals surface area contributed by atoms with Crippen LogP contribution < -0.4 is 4.90 Å². The summed E-state index contributed by atoms with van der Waals surface area (Å²) in [6, 6.07) is 25.6. The summed E-state index contributed by atoms with van der Waals surface area (Å²) in [4.78, 5) is 7.62. The van der Waals surface area contributed by atoms with Crippen molar-refractivity contribution in [3.05, 3.63) is 83.4 Å². The van der Waals surface area contributed by atoms with Gasteiger partial charge in [-0.15, -0.1) is 0 Å². The number of halogens is 1. The predicted octanol–water partition coefficient (Wildman–Crippen LogP) is 6.97. The van der Waals surface area contributed by atoms with Gasteiger partial charge in [0.25, 0.3) is 0 Å². The standard InChI is InChI=1S/C27H29ClN2OS/c1-31-27(21-8-3-2-4-9-21)14-18-29(19-15-27)16-7-17-30-23-10-5-6-11-25(23)32-26-13-12-22(28)20-24(26)30/h2-6,8-13,20H,7,14-19H2,1H3. The molecular formula is C27H29ClN2OS. The van der Waals surface area contributed by atoms with Gasteiger partial charge in [-0.2, -0.15) is 0 Å². The van der Waals surface area contributed by atoms with Crippen LogP contribution in [-0.4, -0.2) is 38.2 Å². The molecular weight excluding hydrogens is 436 g/mol. The van der Waals surface area contributed by atoms with E-state index in [1.165, 1.54) is 26.7 Å². The minimum Gasteiger partial charge on any atom is -0.373 e. The second kappa shape index (κ2) is 9.48. The minimum atomic E-state index is -0.142. The summed E-state index contributed by atoms with van der Waals surface area (Å²) in [5.41, 5.74) is 3.67. The summed E-state index contributed by atoms with van der Waals surface area (Å²) < 4.78 is 6.05. The highest BCUT2D eigenvalue weighted by molar-refractivity contribution is 7.99. The number of para-hydroxylation sites is 1. The Balaban J connectivity index is 1.24. The number of nitrogens with zero attached hydrogens (tertiary/aromatic N) is 2. The second-order valence-electron chi connectivity index (χ2n) is 8.59. The number of fused-ring (bicyclic) bond motifs is 2. The zero-order chi connectivity index (χ0) is 22.0. The molecule has 2 aliphatic rings. The zero-order valence-corrected chi connectivity index (χ0v) is 20.0. The fraction of sp³-hybridized carbons (Fsp3) is 0.333. The van der Waals surface area contributed by atoms with E-state index in [-0.39, 0.29) is 5.60 Å². The third-order valence-corrected chi connectivity index (χ3v) is 8.16. The van der Waals surface area contributed by atoms with Gasteiger partial charge in [-0.1, -0.05) is 65.8 Å². The van der Waals surface area contributed by atoms with E-state index in [2.05, 4.69) is 76.5 Å². The van der Waals surface area contributed by atoms with Crippen LogP contribution >= 0.6 is 23.4 Å². The molecule has 32 heavy (non-hydrogen) atoms. The molecule has 5 rings (SSSR count). The molecule has 166 valence electrons. The monoisotopic (exact) mass is 464 g/mol. The van der Waals surface area contributed by atoms with Crippen LogP contribution in [0.1, 0.15) is 24.8 Å². The number of rotatable bonds is 6. The first kappa shape index (κ1) is 21.8. The molecule has 1 fully saturated rings. The molecule has 2 aliphatic heterocycles. The van der Waals surface area contributed by atoms with Crippen LogP contribution in [0.5, 0.6) is 0 Å². The lowest BCUT2D eigenvalue weighted by atomic mass is 9.84. The molecule has 0 N–H and O–H groups in total. The molecule has 1 saturated heterocycles. The zero-order valence-electron chi connectivity index (χ0n) is 18.5. The Kier molecular flexibility index (Phi) is 6.47. The normalized spacial score (nSPS) is 17.6. The van der Waals surface area contributed by atoms with Gasteiger partial charge in [0.05, 0.1) is 17.0 Å². The van der Waals surface area contributed by atoms with Crippen LogP contribution in [0, 0.1) is 0 Å². The van der Waals surface area contributed by atoms with Gasteiger partial charge in [-0.05, 0) is 61.7 Å². The van der Waals surface area contributed by atoms with Crippen molar-refractivity contribution in [2.24, 2.45) is 0 Å². The van der Waals surface area contributed by atoms with Gasteiger partial charge in [-0.25, -0.2) is 0 Å². The molecule has 0 aliphatic carbocycles. The summed E-state index contributed by atoms with van der Waals surface area (Å²) >= 11 is 8.19. The largest absolute Gasteiger partial charge is 0.373 e. The van der Waals surface area contributed by atoms with Crippen molar-refractivity contribution < 1.29 is 4.74 Å². The number of hydrogen-bond donors (Lipinski definition) is 0. The number of piperidine rings is 1. The first-order valence-corrected chi connectivity index (χ1v) is 12.5. The Morgan fingerprint density at radius 2 is 1.59 bits per heavy atom. The molecule has 5 heteroatoms. The van der Waals surface area contributed by atoms with Crippen LogP contribution in [-0.2, 0) is 10.3 Å². The fourth-order valence-corrected chi connectivity index (χ4v) is 6.23. The van der Waals surface area contributed by atoms with Gasteiger partial charge in [0.15, 0.2) is 0 Å². The SMILES string of the molecule is COC1(c2ccccc2)CCN(CCCN2c3ccccc3Sc3ccc(Cl)cc32)CC1. The van der Waals surface area contributed by atoms with E-state index in [9.17, 15) is 0 Å². The molecule has 3 aromatic carbocycles. The van der Waals surface area contributed by atoms with Crippen molar-refractivity contribution in [1.82, 2.24) is 4.90 Å². The van der Waals surface area contributed by atoms with Crippen molar-refractivity contribution in [3.63, 3.8) is 0 Å². The van der Waals surface area contributed by atoms with Crippen molar-refractivity contribution >= 4 is 34.7 Å². The summed E-state index contributed by atoms with van der Waals surface area (Å²) in [5.74, 6) is 0. The van der Waals surface area contributed by atoms with E-state index in [0.29, 0.717) is 0 Å². The smallest absolute Gasteiger partial charge is 0.0951 e. The number of benzene rings is 3. The first-order valence-electron chi connectivity index (χ1n) is 11.4. The molecule has 3 aromatic rings. The Morgan fingerprint density at radius 3 is 2.38 bits per heavy atom. The lowest BCUT2D eigenvalue weighted by molar-refractivity contribution is -0.0623. The van der Waals surface area contributed by atoms with Gasteiger partial charge in [0.2, 0.25) is 0 Å². The maximum atomic E-state index is 6.36. The number of anilines is 2. The highest BCUT2D eigenvalue weighted by Crippen LogP contribution is 2.48. The quantitative estimate of drug-likeness (QED) is 0.391. The van der Waals surface area contributed by atoms with Crippen molar-refractivity contribution in [2.75, 3.05) is 38.2 Å². The minimum absolute atomic E-state index is 0.142. The molecule has 0 aromatic heterocycles. The van der Waals surface area contributed by atoms with E-state index in [4.69, 9.17) is 16.3 Å². The number of likely N-dealkylation sites (tertiary alicyclic amines) is 1. The van der Waals surface area contributed by atoms with Crippen LogP contribution in [0.4, 0.5) is 11.4 Å². The number of methoxy groups -OCH3 is 1. The predicted molar refractivity (Wildman–Crippen MR) is 134 cm³/mol. The Morgan fingerprint density at radius 1 is 0.875 bits per heavy atom. The highest BCUT2D eigenvalue weighted by Gasteiger charge is 2.36. The summed E-state index contributed by atoms with van der Waals surface area (Å²) in [7, 11) is 1.86. The molecule has 0 saturated carbocycles. The van der Waals surface area contributed by atoms with Gasteiger partial charge >= 0.3 is 0 Å². The third-order valence-electron chi connectivity index (χ3n) is 6.80. The van der Waals surface area contributed by atoms with Gasteiger partial charge in [-0.3, -0.25) is 0 Å². The Bertz CT molecular complexity index is 1070. The summed E-state index contributed by atoms with van der Waals surface area (Å²) in [5, 5.41) is 0.793. The van der Waals surface area contributed by atoms with Crippen molar-refractivity contribution in [2.45, 2.75) is 34.7 Å². The van der Waals surface area contributed by atoms with E-state index in [1.807, 2.05) is 24.9 Å². The Hall–Kier alpha value is -1.98. The molecule has 0 atom stereocenters. The Labute approximate surface area is 200 Å². The van der Waals surface area contributed by atoms with Crippen molar-refractivity contribution in [1.29, 1.82) is 0 Å². The van der Waals surface area contributed by atoms with Gasteiger partial charge < -0.3 is 14.5 Å². The topological polar surface area (TPSA) is 15.7 Å². The first-order chi connectivity index (χ1) is 15.7. The molecule has 0 bridgehead atoms. The van der Waals surface area contributed by atoms with Crippen LogP contribution in [0.3, 0.4) is 0 Å². The molecule has 0 amide bonds. The summed E-state index contributed by atoms with van der Waals surface area (Å²) in [6.45, 7) is 4.21. The van der Waals surface area contributed by atoms with Crippen molar-refractivity contribution in [3.8, 4) is 0 Å². The van der Waals surface area contributed by atoms with Gasteiger partial charge in [0.1, 0.15) is 0 Å². The van der Waals surface area contributed by atoms with E-state index in [0.717, 1.165) is 50.5 Å². The average molecular weight is 465 g/mol. The molecule has 0 unspecified atom stereocenters. The van der Waals surface area contributed by atoms with E-state index < -0.39 is 0 Å². The van der Waals surface area contributed by atoms with Gasteiger partial charge in [0, 0.05) is 41.6 Å². The maximum absolute atomic E-state index is 6.36. The maximum Gasteiger partial charge on any atom is 0.0951 e. The highest BCUT2D eigenvalue weighted by atomic mass is 35.5. The van der Waals surface area contributed by atoms with Crippen LogP contribution in [0.15, 0.2) is 82.6 Å². The molecule has 0 radical (unpaired) electrons. The molecule has 0 spiro atoms.